The second kappa shape index (κ2) is 9.35. The molecule has 0 spiro atoms. The van der Waals surface area contributed by atoms with E-state index >= 15 is 0 Å². The van der Waals surface area contributed by atoms with Crippen molar-refractivity contribution in [1.82, 2.24) is 0 Å². The molecule has 1 aliphatic carbocycles. The van der Waals surface area contributed by atoms with Gasteiger partial charge in [0.2, 0.25) is 0 Å². The van der Waals surface area contributed by atoms with E-state index in [9.17, 15) is 20.2 Å². The molecule has 174 valence electrons. The molecule has 0 unspecified atom stereocenters. The summed E-state index contributed by atoms with van der Waals surface area (Å²) in [5.74, 6) is 0.183. The number of thioether (sulfide) groups is 1. The van der Waals surface area contributed by atoms with Crippen molar-refractivity contribution in [2.75, 3.05) is 5.32 Å². The van der Waals surface area contributed by atoms with Crippen molar-refractivity contribution in [3.05, 3.63) is 102 Å². The Morgan fingerprint density at radius 2 is 1.71 bits per heavy atom. The van der Waals surface area contributed by atoms with Crippen LogP contribution in [0.5, 0.6) is 0 Å². The number of rotatable bonds is 5. The molecule has 1 N–H and O–H groups in total. The predicted molar refractivity (Wildman–Crippen MR) is 142 cm³/mol. The van der Waals surface area contributed by atoms with Gasteiger partial charge in [0.1, 0.15) is 0 Å². The van der Waals surface area contributed by atoms with E-state index in [0.29, 0.717) is 4.90 Å². The Labute approximate surface area is 218 Å². The molecule has 5 atom stereocenters. The number of nitro benzene ring substituents is 2. The lowest BCUT2D eigenvalue weighted by molar-refractivity contribution is -0.387. The molecule has 1 heterocycles. The van der Waals surface area contributed by atoms with Crippen LogP contribution in [-0.2, 0) is 0 Å². The average Bonchev–Trinajstić information content (AvgIpc) is 3.15. The van der Waals surface area contributed by atoms with Gasteiger partial charge in [0.15, 0.2) is 0 Å². The van der Waals surface area contributed by atoms with Gasteiger partial charge >= 0.3 is 0 Å². The summed E-state index contributed by atoms with van der Waals surface area (Å²) in [6.45, 7) is 0. The summed E-state index contributed by atoms with van der Waals surface area (Å²) in [5, 5.41) is 26.1. The van der Waals surface area contributed by atoms with E-state index in [2.05, 4.69) is 34.0 Å². The molecular formula is C24H19ClIN3O4S. The summed E-state index contributed by atoms with van der Waals surface area (Å²) >= 11 is 10.9. The highest BCUT2D eigenvalue weighted by Crippen LogP contribution is 2.58. The van der Waals surface area contributed by atoms with Crippen LogP contribution >= 0.6 is 46.0 Å². The van der Waals surface area contributed by atoms with E-state index < -0.39 is 4.92 Å². The largest absolute Gasteiger partial charge is 0.377 e. The summed E-state index contributed by atoms with van der Waals surface area (Å²) in [6.07, 6.45) is 0.759. The van der Waals surface area contributed by atoms with Gasteiger partial charge in [-0.1, -0.05) is 36.4 Å². The van der Waals surface area contributed by atoms with E-state index in [4.69, 9.17) is 11.6 Å². The summed E-state index contributed by atoms with van der Waals surface area (Å²) in [6, 6.07) is 19.5. The van der Waals surface area contributed by atoms with E-state index in [-0.39, 0.29) is 44.8 Å². The third kappa shape index (κ3) is 4.14. The molecule has 3 aromatic rings. The van der Waals surface area contributed by atoms with Gasteiger partial charge in [0.05, 0.1) is 31.8 Å². The molecule has 1 aliphatic heterocycles. The highest BCUT2D eigenvalue weighted by Gasteiger charge is 2.50. The minimum atomic E-state index is -0.400. The van der Waals surface area contributed by atoms with Crippen LogP contribution in [-0.4, -0.2) is 20.5 Å². The minimum absolute atomic E-state index is 0.0241. The van der Waals surface area contributed by atoms with Gasteiger partial charge in [0.25, 0.3) is 11.4 Å². The van der Waals surface area contributed by atoms with Gasteiger partial charge in [-0.2, -0.15) is 0 Å². The van der Waals surface area contributed by atoms with Gasteiger partial charge in [-0.15, -0.1) is 23.4 Å². The number of alkyl halides is 1. The SMILES string of the molecule is O=[N+]([O-])c1ccc([C@@H]2Nc3c(I)cccc3[C@@H]3[C@H](Cl)[C@H](Sc4ccccc4[N+](=O)[O-])C[C@@H]32)cc1. The predicted octanol–water partition coefficient (Wildman–Crippen LogP) is 7.15. The van der Waals surface area contributed by atoms with E-state index in [1.165, 1.54) is 30.0 Å². The molecule has 10 heteroatoms. The number of hydrogen-bond donors (Lipinski definition) is 1. The molecule has 5 rings (SSSR count). The number of halogens is 2. The lowest BCUT2D eigenvalue weighted by atomic mass is 9.77. The summed E-state index contributed by atoms with van der Waals surface area (Å²) < 4.78 is 1.08. The summed E-state index contributed by atoms with van der Waals surface area (Å²) in [4.78, 5) is 22.5. The van der Waals surface area contributed by atoms with Crippen LogP contribution < -0.4 is 5.32 Å². The van der Waals surface area contributed by atoms with Crippen molar-refractivity contribution >= 4 is 63.0 Å². The smallest absolute Gasteiger partial charge is 0.282 e. The number of nitrogens with zero attached hydrogens (tertiary/aromatic N) is 2. The Bertz CT molecular complexity index is 1280. The van der Waals surface area contributed by atoms with Crippen molar-refractivity contribution in [3.8, 4) is 0 Å². The number of hydrogen-bond acceptors (Lipinski definition) is 6. The molecule has 0 amide bonds. The van der Waals surface area contributed by atoms with Gasteiger partial charge in [-0.05, 0) is 58.2 Å². The lowest BCUT2D eigenvalue weighted by Crippen LogP contribution is -2.31. The number of benzene rings is 3. The number of anilines is 1. The maximum atomic E-state index is 11.5. The highest BCUT2D eigenvalue weighted by molar-refractivity contribution is 14.1. The second-order valence-corrected chi connectivity index (χ2v) is 11.4. The van der Waals surface area contributed by atoms with Crippen molar-refractivity contribution in [2.45, 2.75) is 33.9 Å². The minimum Gasteiger partial charge on any atom is -0.377 e. The Morgan fingerprint density at radius 3 is 2.41 bits per heavy atom. The zero-order valence-corrected chi connectivity index (χ0v) is 21.4. The quantitative estimate of drug-likeness (QED) is 0.143. The van der Waals surface area contributed by atoms with E-state index in [1.54, 1.807) is 30.3 Å². The van der Waals surface area contributed by atoms with Crippen LogP contribution in [0.25, 0.3) is 0 Å². The molecule has 0 aromatic heterocycles. The lowest BCUT2D eigenvalue weighted by Gasteiger charge is -2.38. The molecule has 1 fully saturated rings. The van der Waals surface area contributed by atoms with Crippen LogP contribution in [0.2, 0.25) is 0 Å². The number of para-hydroxylation sites is 2. The first kappa shape index (κ1) is 23.4. The topological polar surface area (TPSA) is 98.3 Å². The van der Waals surface area contributed by atoms with Crippen LogP contribution in [0, 0.1) is 29.7 Å². The van der Waals surface area contributed by atoms with Crippen molar-refractivity contribution < 1.29 is 9.85 Å². The first-order valence-corrected chi connectivity index (χ1v) is 13.1. The Morgan fingerprint density at radius 1 is 0.971 bits per heavy atom. The van der Waals surface area contributed by atoms with Crippen LogP contribution in [0.15, 0.2) is 71.6 Å². The van der Waals surface area contributed by atoms with Gasteiger partial charge < -0.3 is 5.32 Å². The molecule has 1 saturated carbocycles. The second-order valence-electron chi connectivity index (χ2n) is 8.43. The Balaban J connectivity index is 1.53. The molecule has 2 aliphatic rings. The number of nitrogens with one attached hydrogen (secondary N) is 1. The third-order valence-corrected chi connectivity index (χ3v) is 9.61. The Hall–Kier alpha value is -2.37. The summed E-state index contributed by atoms with van der Waals surface area (Å²) in [5.41, 5.74) is 3.30. The first-order valence-electron chi connectivity index (χ1n) is 10.7. The van der Waals surface area contributed by atoms with Crippen molar-refractivity contribution in [1.29, 1.82) is 0 Å². The molecule has 0 bridgehead atoms. The van der Waals surface area contributed by atoms with Gasteiger partial charge in [0, 0.05) is 32.9 Å². The van der Waals surface area contributed by atoms with Crippen LogP contribution in [0.4, 0.5) is 17.1 Å². The molecular weight excluding hydrogens is 589 g/mol. The monoisotopic (exact) mass is 607 g/mol. The fraction of sp³-hybridized carbons (Fsp3) is 0.250. The van der Waals surface area contributed by atoms with Gasteiger partial charge in [-0.3, -0.25) is 20.2 Å². The first-order chi connectivity index (χ1) is 16.3. The number of non-ortho nitro benzene ring substituents is 1. The fourth-order valence-electron chi connectivity index (χ4n) is 5.11. The van der Waals surface area contributed by atoms with E-state index in [0.717, 1.165) is 26.8 Å². The van der Waals surface area contributed by atoms with Crippen LogP contribution in [0.3, 0.4) is 0 Å². The molecule has 0 saturated heterocycles. The Kier molecular flexibility index (Phi) is 6.43. The maximum absolute atomic E-state index is 11.5. The highest BCUT2D eigenvalue weighted by atomic mass is 127. The number of nitro groups is 2. The molecule has 7 nitrogen and oxygen atoms in total. The normalized spacial score (nSPS) is 25.2. The number of fused-ring (bicyclic) bond motifs is 3. The molecule has 3 aromatic carbocycles. The zero-order valence-electron chi connectivity index (χ0n) is 17.6. The zero-order chi connectivity index (χ0) is 24.0. The molecule has 34 heavy (non-hydrogen) atoms. The van der Waals surface area contributed by atoms with Crippen molar-refractivity contribution in [3.63, 3.8) is 0 Å². The molecule has 0 radical (unpaired) electrons. The van der Waals surface area contributed by atoms with Crippen LogP contribution in [0.1, 0.15) is 29.5 Å². The summed E-state index contributed by atoms with van der Waals surface area (Å²) in [7, 11) is 0. The van der Waals surface area contributed by atoms with Crippen molar-refractivity contribution in [2.24, 2.45) is 5.92 Å². The van der Waals surface area contributed by atoms with Gasteiger partial charge in [-0.25, -0.2) is 0 Å². The van der Waals surface area contributed by atoms with E-state index in [1.807, 2.05) is 12.1 Å². The maximum Gasteiger partial charge on any atom is 0.282 e. The third-order valence-electron chi connectivity index (χ3n) is 6.60. The standard InChI is InChI=1S/C24H19ClIN3O4S/c25-22-20(34-19-7-2-1-6-18(19)29(32)33)12-16-21(22)15-4-3-5-17(26)24(15)27-23(16)13-8-10-14(11-9-13)28(30)31/h1-11,16,20-23,27H,12H2/t16-,20+,21-,22+,23-/m0/s1. The fourth-order valence-corrected chi connectivity index (χ4v) is 7.73. The average molecular weight is 608 g/mol.